The largest absolute Gasteiger partial charge is 0.302 e. The van der Waals surface area contributed by atoms with Gasteiger partial charge in [-0.05, 0) is 44.4 Å². The number of nitro benzene ring substituents is 1. The Bertz CT molecular complexity index is 934. The number of fused-ring (bicyclic) bond motifs is 1. The molecule has 0 saturated heterocycles. The molecular formula is C18H15N3O5. The normalized spacial score (nSPS) is 13.3. The first-order valence-corrected chi connectivity index (χ1v) is 7.75. The van der Waals surface area contributed by atoms with Crippen molar-refractivity contribution in [2.75, 3.05) is 25.5 Å². The van der Waals surface area contributed by atoms with Gasteiger partial charge in [-0.1, -0.05) is 6.07 Å². The van der Waals surface area contributed by atoms with E-state index in [9.17, 15) is 24.5 Å². The first kappa shape index (κ1) is 17.4. The summed E-state index contributed by atoms with van der Waals surface area (Å²) in [6.07, 6.45) is 0. The van der Waals surface area contributed by atoms with Crippen LogP contribution in [0.1, 0.15) is 31.1 Å². The fourth-order valence-corrected chi connectivity index (χ4v) is 2.83. The number of hydrogen-bond acceptors (Lipinski definition) is 6. The van der Waals surface area contributed by atoms with Crippen molar-refractivity contribution in [2.24, 2.45) is 0 Å². The molecule has 0 bridgehead atoms. The molecular weight excluding hydrogens is 338 g/mol. The van der Waals surface area contributed by atoms with Gasteiger partial charge < -0.3 is 4.90 Å². The van der Waals surface area contributed by atoms with Crippen LogP contribution in [0.15, 0.2) is 42.5 Å². The molecule has 26 heavy (non-hydrogen) atoms. The molecule has 2 aromatic rings. The number of benzene rings is 2. The molecule has 1 heterocycles. The summed E-state index contributed by atoms with van der Waals surface area (Å²) in [6, 6.07) is 9.97. The van der Waals surface area contributed by atoms with Crippen molar-refractivity contribution < 1.29 is 19.3 Å². The zero-order valence-electron chi connectivity index (χ0n) is 14.1. The topological polar surface area (TPSA) is 101 Å². The lowest BCUT2D eigenvalue weighted by atomic mass is 10.1. The highest BCUT2D eigenvalue weighted by atomic mass is 16.6. The van der Waals surface area contributed by atoms with E-state index in [-0.39, 0.29) is 29.1 Å². The Kier molecular flexibility index (Phi) is 4.35. The quantitative estimate of drug-likeness (QED) is 0.353. The average Bonchev–Trinajstić information content (AvgIpc) is 2.85. The van der Waals surface area contributed by atoms with Crippen molar-refractivity contribution in [3.05, 3.63) is 69.3 Å². The van der Waals surface area contributed by atoms with E-state index in [4.69, 9.17) is 0 Å². The summed E-state index contributed by atoms with van der Waals surface area (Å²) in [4.78, 5) is 50.3. The lowest BCUT2D eigenvalue weighted by Gasteiger charge is -2.14. The average molecular weight is 353 g/mol. The first-order chi connectivity index (χ1) is 12.3. The number of likely N-dealkylation sites (N-methyl/N-ethyl adjacent to an activating group) is 1. The molecule has 8 nitrogen and oxygen atoms in total. The van der Waals surface area contributed by atoms with Crippen LogP contribution in [0.4, 0.5) is 11.4 Å². The van der Waals surface area contributed by atoms with Gasteiger partial charge in [0.25, 0.3) is 17.5 Å². The van der Waals surface area contributed by atoms with E-state index >= 15 is 0 Å². The van der Waals surface area contributed by atoms with Crippen LogP contribution in [0.25, 0.3) is 0 Å². The van der Waals surface area contributed by atoms with Gasteiger partial charge in [-0.15, -0.1) is 0 Å². The Morgan fingerprint density at radius 3 is 2.31 bits per heavy atom. The Morgan fingerprint density at radius 2 is 1.73 bits per heavy atom. The Labute approximate surface area is 148 Å². The molecule has 8 heteroatoms. The molecule has 0 aromatic heterocycles. The maximum absolute atomic E-state index is 12.6. The molecule has 2 amide bonds. The Hall–Kier alpha value is -3.39. The molecule has 0 unspecified atom stereocenters. The first-order valence-electron chi connectivity index (χ1n) is 7.75. The van der Waals surface area contributed by atoms with E-state index in [2.05, 4.69) is 0 Å². The third kappa shape index (κ3) is 2.86. The number of imide groups is 1. The van der Waals surface area contributed by atoms with Gasteiger partial charge in [0.2, 0.25) is 0 Å². The van der Waals surface area contributed by atoms with Crippen molar-refractivity contribution in [3.63, 3.8) is 0 Å². The van der Waals surface area contributed by atoms with Crippen LogP contribution in [0.5, 0.6) is 0 Å². The highest BCUT2D eigenvalue weighted by Gasteiger charge is 2.41. The summed E-state index contributed by atoms with van der Waals surface area (Å²) in [5.74, 6) is -1.47. The van der Waals surface area contributed by atoms with Crippen LogP contribution < -0.4 is 4.90 Å². The Balaban J connectivity index is 1.95. The summed E-state index contributed by atoms with van der Waals surface area (Å²) in [7, 11) is 3.55. The summed E-state index contributed by atoms with van der Waals surface area (Å²) in [5, 5.41) is 11.1. The van der Waals surface area contributed by atoms with Crippen molar-refractivity contribution in [1.82, 2.24) is 4.90 Å². The Morgan fingerprint density at radius 1 is 1.08 bits per heavy atom. The van der Waals surface area contributed by atoms with Gasteiger partial charge in [0.1, 0.15) is 5.56 Å². The van der Waals surface area contributed by atoms with E-state index in [0.29, 0.717) is 5.56 Å². The molecule has 0 fully saturated rings. The molecule has 0 atom stereocenters. The number of hydrogen-bond donors (Lipinski definition) is 0. The van der Waals surface area contributed by atoms with Gasteiger partial charge in [-0.2, -0.15) is 0 Å². The maximum atomic E-state index is 12.6. The number of anilines is 1. The van der Waals surface area contributed by atoms with Crippen LogP contribution >= 0.6 is 0 Å². The SMILES string of the molecule is CN(C)CC(=O)c1ccc(N2C(=O)c3cccc([N+](=O)[O-])c3C2=O)cc1. The standard InChI is InChI=1S/C18H15N3O5/c1-19(2)10-15(22)11-6-8-12(9-7-11)20-17(23)13-4-3-5-14(21(25)26)16(13)18(20)24/h3-9H,10H2,1-2H3. The second-order valence-electron chi connectivity index (χ2n) is 6.11. The predicted octanol–water partition coefficient (Wildman–Crippen LogP) is 2.14. The third-order valence-electron chi connectivity index (χ3n) is 4.00. The van der Waals surface area contributed by atoms with Gasteiger partial charge >= 0.3 is 0 Å². The van der Waals surface area contributed by atoms with E-state index in [0.717, 1.165) is 4.90 Å². The number of rotatable bonds is 5. The maximum Gasteiger partial charge on any atom is 0.283 e. The predicted molar refractivity (Wildman–Crippen MR) is 93.6 cm³/mol. The zero-order valence-corrected chi connectivity index (χ0v) is 14.1. The van der Waals surface area contributed by atoms with Crippen LogP contribution in [-0.2, 0) is 0 Å². The van der Waals surface area contributed by atoms with Gasteiger partial charge in [0, 0.05) is 11.6 Å². The van der Waals surface area contributed by atoms with Crippen molar-refractivity contribution in [2.45, 2.75) is 0 Å². The minimum atomic E-state index is -0.746. The summed E-state index contributed by atoms with van der Waals surface area (Å²) in [6.45, 7) is 0.235. The van der Waals surface area contributed by atoms with Crippen LogP contribution in [0.3, 0.4) is 0 Å². The molecule has 132 valence electrons. The number of Topliss-reactive ketones (excluding diaryl/α,β-unsaturated/α-hetero) is 1. The zero-order chi connectivity index (χ0) is 19.0. The molecule has 2 aromatic carbocycles. The van der Waals surface area contributed by atoms with Crippen molar-refractivity contribution >= 4 is 29.0 Å². The summed E-state index contributed by atoms with van der Waals surface area (Å²) in [5.41, 5.74) is 0.0882. The van der Waals surface area contributed by atoms with Crippen molar-refractivity contribution in [1.29, 1.82) is 0 Å². The number of carbonyl (C=O) groups is 3. The third-order valence-corrected chi connectivity index (χ3v) is 4.00. The smallest absolute Gasteiger partial charge is 0.283 e. The van der Waals surface area contributed by atoms with E-state index in [1.807, 2.05) is 0 Å². The minimum absolute atomic E-state index is 0.00281. The lowest BCUT2D eigenvalue weighted by Crippen LogP contribution is -2.29. The monoisotopic (exact) mass is 353 g/mol. The van der Waals surface area contributed by atoms with Gasteiger partial charge in [-0.3, -0.25) is 24.5 Å². The lowest BCUT2D eigenvalue weighted by molar-refractivity contribution is -0.385. The summed E-state index contributed by atoms with van der Waals surface area (Å²) < 4.78 is 0. The fraction of sp³-hybridized carbons (Fsp3) is 0.167. The number of carbonyl (C=O) groups excluding carboxylic acids is 3. The fourth-order valence-electron chi connectivity index (χ4n) is 2.83. The van der Waals surface area contributed by atoms with Gasteiger partial charge in [0.05, 0.1) is 22.7 Å². The molecule has 3 rings (SSSR count). The van der Waals surface area contributed by atoms with Crippen LogP contribution in [0.2, 0.25) is 0 Å². The summed E-state index contributed by atoms with van der Waals surface area (Å²) >= 11 is 0. The molecule has 1 aliphatic heterocycles. The number of amides is 2. The molecule has 0 N–H and O–H groups in total. The minimum Gasteiger partial charge on any atom is -0.302 e. The van der Waals surface area contributed by atoms with Crippen LogP contribution in [0, 0.1) is 10.1 Å². The highest BCUT2D eigenvalue weighted by molar-refractivity contribution is 6.35. The van der Waals surface area contributed by atoms with E-state index in [1.165, 1.54) is 42.5 Å². The second kappa shape index (κ2) is 6.49. The number of nitro groups is 1. The second-order valence-corrected chi connectivity index (χ2v) is 6.11. The number of ketones is 1. The van der Waals surface area contributed by atoms with Crippen molar-refractivity contribution in [3.8, 4) is 0 Å². The van der Waals surface area contributed by atoms with Gasteiger partial charge in [-0.25, -0.2) is 4.90 Å². The highest BCUT2D eigenvalue weighted by Crippen LogP contribution is 2.33. The number of nitrogens with zero attached hydrogens (tertiary/aromatic N) is 3. The van der Waals surface area contributed by atoms with E-state index < -0.39 is 22.4 Å². The molecule has 0 radical (unpaired) electrons. The molecule has 0 spiro atoms. The van der Waals surface area contributed by atoms with Gasteiger partial charge in [0.15, 0.2) is 5.78 Å². The van der Waals surface area contributed by atoms with E-state index in [1.54, 1.807) is 19.0 Å². The molecule has 1 aliphatic rings. The van der Waals surface area contributed by atoms with Crippen LogP contribution in [-0.4, -0.2) is 48.1 Å². The molecule has 0 saturated carbocycles. The molecule has 0 aliphatic carbocycles.